The van der Waals surface area contributed by atoms with Gasteiger partial charge in [-0.3, -0.25) is 19.3 Å². The Bertz CT molecular complexity index is 1020. The largest absolute Gasteiger partial charge is 0.482 e. The van der Waals surface area contributed by atoms with Crippen molar-refractivity contribution in [3.8, 4) is 5.75 Å². The molecule has 1 aromatic carbocycles. The minimum Gasteiger partial charge on any atom is -0.482 e. The Hall–Kier alpha value is -3.69. The summed E-state index contributed by atoms with van der Waals surface area (Å²) in [5.74, 6) is 0.563. The lowest BCUT2D eigenvalue weighted by Gasteiger charge is -2.36. The van der Waals surface area contributed by atoms with Crippen LogP contribution in [0.5, 0.6) is 5.75 Å². The maximum absolute atomic E-state index is 13.1. The maximum atomic E-state index is 13.1. The Balaban J connectivity index is 1.46. The van der Waals surface area contributed by atoms with Crippen molar-refractivity contribution < 1.29 is 19.1 Å². The van der Waals surface area contributed by atoms with Crippen LogP contribution in [0.2, 0.25) is 0 Å². The molecule has 0 radical (unpaired) electrons. The second-order valence-electron chi connectivity index (χ2n) is 7.85. The van der Waals surface area contributed by atoms with E-state index in [4.69, 9.17) is 4.74 Å². The van der Waals surface area contributed by atoms with Crippen LogP contribution in [-0.4, -0.2) is 89.9 Å². The Morgan fingerprint density at radius 1 is 1.06 bits per heavy atom. The molecule has 0 unspecified atom stereocenters. The summed E-state index contributed by atoms with van der Waals surface area (Å²) in [4.78, 5) is 53.9. The smallest absolute Gasteiger partial charge is 0.265 e. The number of hydrogen-bond acceptors (Lipinski definition) is 7. The standard InChI is InChI=1S/C23H28N6O4/c1-3-26(4-2)22(32)17-6-7-19-18(14-17)29(21(31)16-33-19)15-20(30)27-10-12-28(13-11-27)23-24-8-5-9-25-23/h5-9,14H,3-4,10-13,15-16H2,1-2H3. The first kappa shape index (κ1) is 22.5. The van der Waals surface area contributed by atoms with Gasteiger partial charge >= 0.3 is 0 Å². The lowest BCUT2D eigenvalue weighted by molar-refractivity contribution is -0.132. The number of rotatable bonds is 6. The molecule has 3 heterocycles. The molecule has 33 heavy (non-hydrogen) atoms. The zero-order valence-corrected chi connectivity index (χ0v) is 18.9. The lowest BCUT2D eigenvalue weighted by Crippen LogP contribution is -2.53. The molecule has 0 bridgehead atoms. The Morgan fingerprint density at radius 3 is 2.42 bits per heavy atom. The van der Waals surface area contributed by atoms with E-state index >= 15 is 0 Å². The van der Waals surface area contributed by atoms with Gasteiger partial charge in [-0.15, -0.1) is 0 Å². The van der Waals surface area contributed by atoms with Crippen molar-refractivity contribution in [2.45, 2.75) is 13.8 Å². The Labute approximate surface area is 192 Å². The fraction of sp³-hybridized carbons (Fsp3) is 0.435. The summed E-state index contributed by atoms with van der Waals surface area (Å²) in [6, 6.07) is 6.79. The van der Waals surface area contributed by atoms with Gasteiger partial charge in [0.05, 0.1) is 5.69 Å². The number of carbonyl (C=O) groups is 3. The third-order valence-electron chi connectivity index (χ3n) is 5.96. The Kier molecular flexibility index (Phi) is 6.71. The van der Waals surface area contributed by atoms with Crippen molar-refractivity contribution in [3.63, 3.8) is 0 Å². The van der Waals surface area contributed by atoms with Crippen molar-refractivity contribution in [1.29, 1.82) is 0 Å². The summed E-state index contributed by atoms with van der Waals surface area (Å²) < 4.78 is 5.54. The van der Waals surface area contributed by atoms with Crippen LogP contribution in [0.15, 0.2) is 36.7 Å². The van der Waals surface area contributed by atoms with Crippen LogP contribution in [0.3, 0.4) is 0 Å². The van der Waals surface area contributed by atoms with Gasteiger partial charge in [0.15, 0.2) is 6.61 Å². The summed E-state index contributed by atoms with van der Waals surface area (Å²) >= 11 is 0. The highest BCUT2D eigenvalue weighted by Gasteiger charge is 2.31. The number of hydrogen-bond donors (Lipinski definition) is 0. The number of carbonyl (C=O) groups excluding carboxylic acids is 3. The predicted octanol–water partition coefficient (Wildman–Crippen LogP) is 1.03. The van der Waals surface area contributed by atoms with E-state index in [1.807, 2.05) is 18.7 Å². The van der Waals surface area contributed by atoms with E-state index in [1.54, 1.807) is 46.5 Å². The molecule has 0 saturated carbocycles. The van der Waals surface area contributed by atoms with Crippen molar-refractivity contribution in [2.24, 2.45) is 0 Å². The molecule has 0 atom stereocenters. The van der Waals surface area contributed by atoms with Gasteiger partial charge in [0, 0.05) is 57.2 Å². The van der Waals surface area contributed by atoms with Crippen LogP contribution in [0.4, 0.5) is 11.6 Å². The van der Waals surface area contributed by atoms with Gasteiger partial charge in [-0.1, -0.05) is 0 Å². The molecule has 2 aliphatic rings. The molecule has 2 aliphatic heterocycles. The maximum Gasteiger partial charge on any atom is 0.265 e. The zero-order chi connectivity index (χ0) is 23.4. The predicted molar refractivity (Wildman–Crippen MR) is 122 cm³/mol. The van der Waals surface area contributed by atoms with Gasteiger partial charge in [-0.05, 0) is 38.1 Å². The first-order valence-electron chi connectivity index (χ1n) is 11.2. The summed E-state index contributed by atoms with van der Waals surface area (Å²) in [6.45, 7) is 7.04. The second kappa shape index (κ2) is 9.85. The van der Waals surface area contributed by atoms with E-state index in [9.17, 15) is 14.4 Å². The normalized spacial score (nSPS) is 15.7. The van der Waals surface area contributed by atoms with E-state index in [1.165, 1.54) is 4.90 Å². The molecule has 1 fully saturated rings. The second-order valence-corrected chi connectivity index (χ2v) is 7.85. The monoisotopic (exact) mass is 452 g/mol. The number of nitrogens with zero attached hydrogens (tertiary/aromatic N) is 6. The number of anilines is 2. The van der Waals surface area contributed by atoms with Gasteiger partial charge in [0.2, 0.25) is 11.9 Å². The highest BCUT2D eigenvalue weighted by atomic mass is 16.5. The molecule has 2 aromatic rings. The molecule has 174 valence electrons. The molecule has 1 aromatic heterocycles. The fourth-order valence-corrected chi connectivity index (χ4v) is 4.05. The number of benzene rings is 1. The summed E-state index contributed by atoms with van der Waals surface area (Å²) in [5, 5.41) is 0. The van der Waals surface area contributed by atoms with Gasteiger partial charge < -0.3 is 19.4 Å². The molecule has 0 N–H and O–H groups in total. The summed E-state index contributed by atoms with van der Waals surface area (Å²) in [7, 11) is 0. The number of aromatic nitrogens is 2. The van der Waals surface area contributed by atoms with Crippen molar-refractivity contribution in [1.82, 2.24) is 19.8 Å². The molecule has 4 rings (SSSR count). The number of ether oxygens (including phenoxy) is 1. The van der Waals surface area contributed by atoms with E-state index in [-0.39, 0.29) is 30.9 Å². The SMILES string of the molecule is CCN(CC)C(=O)c1ccc2c(c1)N(CC(=O)N1CCN(c3ncccn3)CC1)C(=O)CO2. The molecule has 3 amide bonds. The van der Waals surface area contributed by atoms with Crippen LogP contribution < -0.4 is 14.5 Å². The quantitative estimate of drug-likeness (QED) is 0.646. The van der Waals surface area contributed by atoms with Crippen LogP contribution >= 0.6 is 0 Å². The van der Waals surface area contributed by atoms with Gasteiger partial charge in [0.1, 0.15) is 12.3 Å². The molecule has 0 aliphatic carbocycles. The summed E-state index contributed by atoms with van der Waals surface area (Å²) in [6.07, 6.45) is 3.39. The van der Waals surface area contributed by atoms with Gasteiger partial charge in [-0.2, -0.15) is 0 Å². The number of amides is 3. The first-order chi connectivity index (χ1) is 16.0. The van der Waals surface area contributed by atoms with Crippen LogP contribution in [0.1, 0.15) is 24.2 Å². The van der Waals surface area contributed by atoms with Gasteiger partial charge in [-0.25, -0.2) is 9.97 Å². The average molecular weight is 453 g/mol. The van der Waals surface area contributed by atoms with E-state index in [0.29, 0.717) is 62.2 Å². The molecule has 0 spiro atoms. The molecule has 1 saturated heterocycles. The molecular weight excluding hydrogens is 424 g/mol. The van der Waals surface area contributed by atoms with Crippen molar-refractivity contribution in [3.05, 3.63) is 42.2 Å². The zero-order valence-electron chi connectivity index (χ0n) is 18.9. The highest BCUT2D eigenvalue weighted by molar-refractivity contribution is 6.04. The fourth-order valence-electron chi connectivity index (χ4n) is 4.05. The first-order valence-corrected chi connectivity index (χ1v) is 11.2. The van der Waals surface area contributed by atoms with Crippen molar-refractivity contribution in [2.75, 3.05) is 62.2 Å². The van der Waals surface area contributed by atoms with Crippen LogP contribution in [0, 0.1) is 0 Å². The Morgan fingerprint density at radius 2 is 1.76 bits per heavy atom. The molecular formula is C23H28N6O4. The average Bonchev–Trinajstić information content (AvgIpc) is 2.86. The third-order valence-corrected chi connectivity index (χ3v) is 5.96. The number of piperazine rings is 1. The summed E-state index contributed by atoms with van der Waals surface area (Å²) in [5.41, 5.74) is 0.915. The number of fused-ring (bicyclic) bond motifs is 1. The molecule has 10 heteroatoms. The highest BCUT2D eigenvalue weighted by Crippen LogP contribution is 2.33. The topological polar surface area (TPSA) is 99.2 Å². The minimum atomic E-state index is -0.306. The van der Waals surface area contributed by atoms with Gasteiger partial charge in [0.25, 0.3) is 11.8 Å². The minimum absolute atomic E-state index is 0.0973. The van der Waals surface area contributed by atoms with Crippen molar-refractivity contribution >= 4 is 29.4 Å². The van der Waals surface area contributed by atoms with E-state index < -0.39 is 0 Å². The van der Waals surface area contributed by atoms with E-state index in [2.05, 4.69) is 9.97 Å². The van der Waals surface area contributed by atoms with Crippen LogP contribution in [-0.2, 0) is 9.59 Å². The lowest BCUT2D eigenvalue weighted by atomic mass is 10.1. The third kappa shape index (κ3) is 4.74. The van der Waals surface area contributed by atoms with Crippen LogP contribution in [0.25, 0.3) is 0 Å². The molecule has 10 nitrogen and oxygen atoms in total. The van der Waals surface area contributed by atoms with E-state index in [0.717, 1.165) is 0 Å².